The Morgan fingerprint density at radius 2 is 2.05 bits per heavy atom. The largest absolute Gasteiger partial charge is 0.284 e. The highest BCUT2D eigenvalue weighted by Gasteiger charge is 2.15. The molecule has 4 rings (SSSR count). The van der Waals surface area contributed by atoms with Crippen LogP contribution in [0.2, 0.25) is 0 Å². The molecule has 0 N–H and O–H groups in total. The molecule has 0 atom stereocenters. The van der Waals surface area contributed by atoms with E-state index >= 15 is 0 Å². The van der Waals surface area contributed by atoms with E-state index < -0.39 is 0 Å². The molecule has 3 heterocycles. The fraction of sp³-hybridized carbons (Fsp3) is 0.158. The Balaban J connectivity index is 1.80. The molecule has 2 aromatic heterocycles. The molecule has 0 bridgehead atoms. The minimum absolute atomic E-state index is 0.909. The maximum Gasteiger partial charge on any atom is 0.0694 e. The van der Waals surface area contributed by atoms with Crippen molar-refractivity contribution in [2.45, 2.75) is 12.8 Å². The van der Waals surface area contributed by atoms with E-state index in [9.17, 15) is 0 Å². The second kappa shape index (κ2) is 5.85. The van der Waals surface area contributed by atoms with Crippen LogP contribution in [0.3, 0.4) is 0 Å². The average molecular weight is 304 g/mol. The molecule has 1 aromatic carbocycles. The van der Waals surface area contributed by atoms with E-state index in [0.29, 0.717) is 0 Å². The molecule has 3 aromatic rings. The molecule has 1 aliphatic rings. The Hall–Kier alpha value is -2.26. The van der Waals surface area contributed by atoms with E-state index in [2.05, 4.69) is 46.8 Å². The maximum absolute atomic E-state index is 4.75. The molecule has 0 saturated carbocycles. The van der Waals surface area contributed by atoms with Crippen LogP contribution in [-0.2, 0) is 0 Å². The molecule has 0 spiro atoms. The molecule has 0 fully saturated rings. The first kappa shape index (κ1) is 13.4. The van der Waals surface area contributed by atoms with Gasteiger partial charge in [-0.3, -0.25) is 9.98 Å². The first-order valence-corrected chi connectivity index (χ1v) is 8.42. The van der Waals surface area contributed by atoms with Gasteiger partial charge in [0.05, 0.1) is 5.71 Å². The quantitative estimate of drug-likeness (QED) is 0.656. The number of nitrogens with zero attached hydrogens (tertiary/aromatic N) is 2. The van der Waals surface area contributed by atoms with Crippen LogP contribution in [0.25, 0.3) is 16.2 Å². The SMILES string of the molecule is C(=C1CCCN=C1c1cccnc1)c1csc2ccccc12. The summed E-state index contributed by atoms with van der Waals surface area (Å²) in [5.41, 5.74) is 4.85. The summed E-state index contributed by atoms with van der Waals surface area (Å²) in [6.07, 6.45) is 8.23. The van der Waals surface area contributed by atoms with Crippen molar-refractivity contribution in [2.24, 2.45) is 4.99 Å². The van der Waals surface area contributed by atoms with Crippen LogP contribution in [0.1, 0.15) is 24.0 Å². The highest BCUT2D eigenvalue weighted by molar-refractivity contribution is 7.17. The molecule has 108 valence electrons. The minimum atomic E-state index is 0.909. The fourth-order valence-electron chi connectivity index (χ4n) is 2.90. The minimum Gasteiger partial charge on any atom is -0.284 e. The van der Waals surface area contributed by atoms with Gasteiger partial charge in [0.25, 0.3) is 0 Å². The highest BCUT2D eigenvalue weighted by atomic mass is 32.1. The van der Waals surface area contributed by atoms with Crippen molar-refractivity contribution >= 4 is 33.2 Å². The second-order valence-electron chi connectivity index (χ2n) is 5.43. The van der Waals surface area contributed by atoms with Crippen molar-refractivity contribution in [3.05, 3.63) is 70.9 Å². The van der Waals surface area contributed by atoms with Gasteiger partial charge in [-0.25, -0.2) is 0 Å². The van der Waals surface area contributed by atoms with Gasteiger partial charge in [-0.15, -0.1) is 11.3 Å². The van der Waals surface area contributed by atoms with E-state index in [1.54, 1.807) is 11.3 Å². The molecule has 2 nitrogen and oxygen atoms in total. The maximum atomic E-state index is 4.75. The van der Waals surface area contributed by atoms with Gasteiger partial charge in [-0.1, -0.05) is 18.2 Å². The Kier molecular flexibility index (Phi) is 3.57. The first-order chi connectivity index (χ1) is 10.9. The number of hydrogen-bond acceptors (Lipinski definition) is 3. The summed E-state index contributed by atoms with van der Waals surface area (Å²) in [5.74, 6) is 0. The number of pyridine rings is 1. The van der Waals surface area contributed by atoms with Gasteiger partial charge >= 0.3 is 0 Å². The second-order valence-corrected chi connectivity index (χ2v) is 6.34. The predicted molar refractivity (Wildman–Crippen MR) is 94.7 cm³/mol. The van der Waals surface area contributed by atoms with E-state index in [4.69, 9.17) is 4.99 Å². The Morgan fingerprint density at radius 1 is 1.09 bits per heavy atom. The summed E-state index contributed by atoms with van der Waals surface area (Å²) in [6.45, 7) is 0.909. The van der Waals surface area contributed by atoms with Gasteiger partial charge in [-0.05, 0) is 59.0 Å². The molecule has 0 unspecified atom stereocenters. The van der Waals surface area contributed by atoms with Crippen molar-refractivity contribution in [3.63, 3.8) is 0 Å². The van der Waals surface area contributed by atoms with Gasteiger partial charge in [0.2, 0.25) is 0 Å². The van der Waals surface area contributed by atoms with Gasteiger partial charge in [0.15, 0.2) is 0 Å². The predicted octanol–water partition coefficient (Wildman–Crippen LogP) is 4.96. The van der Waals surface area contributed by atoms with E-state index in [-0.39, 0.29) is 0 Å². The third-order valence-corrected chi connectivity index (χ3v) is 4.94. The van der Waals surface area contributed by atoms with Crippen LogP contribution in [0.4, 0.5) is 0 Å². The molecule has 1 aliphatic heterocycles. The van der Waals surface area contributed by atoms with Crippen molar-refractivity contribution < 1.29 is 0 Å². The third-order valence-electron chi connectivity index (χ3n) is 3.95. The zero-order valence-electron chi connectivity index (χ0n) is 12.2. The lowest BCUT2D eigenvalue weighted by Gasteiger charge is -2.16. The van der Waals surface area contributed by atoms with Crippen LogP contribution in [0.5, 0.6) is 0 Å². The molecule has 22 heavy (non-hydrogen) atoms. The summed E-state index contributed by atoms with van der Waals surface area (Å²) in [4.78, 5) is 8.99. The number of benzene rings is 1. The first-order valence-electron chi connectivity index (χ1n) is 7.54. The normalized spacial score (nSPS) is 16.9. The lowest BCUT2D eigenvalue weighted by Crippen LogP contribution is -2.11. The fourth-order valence-corrected chi connectivity index (χ4v) is 3.82. The summed E-state index contributed by atoms with van der Waals surface area (Å²) in [6, 6.07) is 12.6. The number of rotatable bonds is 2. The van der Waals surface area contributed by atoms with Crippen LogP contribution in [0, 0.1) is 0 Å². The zero-order chi connectivity index (χ0) is 14.8. The van der Waals surface area contributed by atoms with E-state index in [1.807, 2.05) is 18.5 Å². The number of hydrogen-bond donors (Lipinski definition) is 0. The number of fused-ring (bicyclic) bond motifs is 1. The molecule has 0 radical (unpaired) electrons. The van der Waals surface area contributed by atoms with Crippen molar-refractivity contribution in [2.75, 3.05) is 6.54 Å². The molecular formula is C19H16N2S. The number of aromatic nitrogens is 1. The summed E-state index contributed by atoms with van der Waals surface area (Å²) >= 11 is 1.80. The zero-order valence-corrected chi connectivity index (χ0v) is 13.0. The number of allylic oxidation sites excluding steroid dienone is 1. The van der Waals surface area contributed by atoms with Gasteiger partial charge < -0.3 is 0 Å². The summed E-state index contributed by atoms with van der Waals surface area (Å²) < 4.78 is 1.34. The molecular weight excluding hydrogens is 288 g/mol. The molecule has 3 heteroatoms. The molecule has 0 saturated heterocycles. The number of thiophene rings is 1. The smallest absolute Gasteiger partial charge is 0.0694 e. The standard InChI is InChI=1S/C19H16N2S/c1-2-8-18-17(7-1)16(13-22-18)11-14-5-4-10-21-19(14)15-6-3-9-20-12-15/h1-3,6-9,11-13H,4-5,10H2. The lowest BCUT2D eigenvalue weighted by atomic mass is 9.95. The summed E-state index contributed by atoms with van der Waals surface area (Å²) in [7, 11) is 0. The molecule has 0 amide bonds. The van der Waals surface area contributed by atoms with Gasteiger partial charge in [0.1, 0.15) is 0 Å². The van der Waals surface area contributed by atoms with E-state index in [0.717, 1.165) is 30.7 Å². The average Bonchev–Trinajstić information content (AvgIpc) is 2.99. The van der Waals surface area contributed by atoms with Gasteiger partial charge in [0, 0.05) is 29.2 Å². The Bertz CT molecular complexity index is 859. The lowest BCUT2D eigenvalue weighted by molar-refractivity contribution is 0.818. The highest BCUT2D eigenvalue weighted by Crippen LogP contribution is 2.29. The van der Waals surface area contributed by atoms with Crippen molar-refractivity contribution in [1.29, 1.82) is 0 Å². The topological polar surface area (TPSA) is 25.2 Å². The van der Waals surface area contributed by atoms with Crippen molar-refractivity contribution in [1.82, 2.24) is 4.98 Å². The monoisotopic (exact) mass is 304 g/mol. The van der Waals surface area contributed by atoms with Crippen molar-refractivity contribution in [3.8, 4) is 0 Å². The Morgan fingerprint density at radius 3 is 2.95 bits per heavy atom. The van der Waals surface area contributed by atoms with E-state index in [1.165, 1.54) is 21.2 Å². The van der Waals surface area contributed by atoms with Gasteiger partial charge in [-0.2, -0.15) is 0 Å². The van der Waals surface area contributed by atoms with Crippen LogP contribution in [-0.4, -0.2) is 17.2 Å². The number of aliphatic imine (C=N–C) groups is 1. The summed E-state index contributed by atoms with van der Waals surface area (Å²) in [5, 5.41) is 3.57. The Labute approximate surface area is 133 Å². The van der Waals surface area contributed by atoms with Crippen LogP contribution < -0.4 is 0 Å². The third kappa shape index (κ3) is 2.48. The van der Waals surface area contributed by atoms with Crippen LogP contribution in [0.15, 0.2) is 64.7 Å². The molecule has 0 aliphatic carbocycles. The van der Waals surface area contributed by atoms with Crippen LogP contribution >= 0.6 is 11.3 Å².